The number of amides is 1. The van der Waals surface area contributed by atoms with Crippen molar-refractivity contribution in [2.75, 3.05) is 17.1 Å². The van der Waals surface area contributed by atoms with E-state index in [9.17, 15) is 13.2 Å². The Balaban J connectivity index is 2.38. The maximum atomic E-state index is 12.2. The average Bonchev–Trinajstić information content (AvgIpc) is 2.56. The molecule has 0 saturated heterocycles. The third-order valence-corrected chi connectivity index (χ3v) is 4.59. The van der Waals surface area contributed by atoms with Gasteiger partial charge in [0.05, 0.1) is 11.9 Å². The monoisotopic (exact) mass is 346 g/mol. The van der Waals surface area contributed by atoms with Crippen LogP contribution in [0, 0.1) is 0 Å². The summed E-state index contributed by atoms with van der Waals surface area (Å²) in [6.07, 6.45) is 0.637. The van der Waals surface area contributed by atoms with Crippen molar-refractivity contribution < 1.29 is 17.9 Å². The first-order chi connectivity index (χ1) is 10.2. The number of carbonyl (C=O) groups is 1. The van der Waals surface area contributed by atoms with Crippen LogP contribution < -0.4 is 14.4 Å². The molecule has 1 aromatic carbocycles. The molecule has 0 radical (unpaired) electrons. The summed E-state index contributed by atoms with van der Waals surface area (Å²) in [5.41, 5.74) is 0.356. The maximum absolute atomic E-state index is 12.2. The Bertz CT molecular complexity index is 675. The highest BCUT2D eigenvalue weighted by molar-refractivity contribution is 7.92. The molecule has 1 amide bonds. The van der Waals surface area contributed by atoms with Gasteiger partial charge in [-0.1, -0.05) is 11.6 Å². The predicted molar refractivity (Wildman–Crippen MR) is 86.0 cm³/mol. The molecule has 0 aliphatic carbocycles. The topological polar surface area (TPSA) is 75.7 Å². The summed E-state index contributed by atoms with van der Waals surface area (Å²) in [6.45, 7) is 3.86. The molecule has 122 valence electrons. The normalized spacial score (nSPS) is 18.4. The number of hydrogen-bond donors (Lipinski definition) is 1. The Labute approximate surface area is 135 Å². The van der Waals surface area contributed by atoms with Crippen molar-refractivity contribution in [3.05, 3.63) is 23.2 Å². The number of nitrogens with one attached hydrogen (secondary N) is 1. The molecule has 1 aliphatic rings. The van der Waals surface area contributed by atoms with Gasteiger partial charge in [-0.2, -0.15) is 0 Å². The van der Waals surface area contributed by atoms with Crippen molar-refractivity contribution >= 4 is 33.2 Å². The van der Waals surface area contributed by atoms with Crippen LogP contribution in [0.3, 0.4) is 0 Å². The van der Waals surface area contributed by atoms with E-state index < -0.39 is 16.1 Å². The molecule has 0 aromatic heterocycles. The third kappa shape index (κ3) is 3.84. The lowest BCUT2D eigenvalue weighted by Gasteiger charge is -2.21. The van der Waals surface area contributed by atoms with Gasteiger partial charge in [-0.05, 0) is 32.0 Å². The number of carbonyl (C=O) groups excluding carboxylic acids is 1. The van der Waals surface area contributed by atoms with E-state index in [1.54, 1.807) is 12.1 Å². The number of sulfonamides is 1. The summed E-state index contributed by atoms with van der Waals surface area (Å²) in [4.78, 5) is 12.2. The second kappa shape index (κ2) is 6.34. The Morgan fingerprint density at radius 1 is 1.45 bits per heavy atom. The summed E-state index contributed by atoms with van der Waals surface area (Å²) in [7, 11) is -3.49. The SMILES string of the molecule is CC(C)NC(=O)C1CCN(S(C)(=O)=O)c2cc(Cl)ccc2O1. The van der Waals surface area contributed by atoms with Crippen molar-refractivity contribution in [3.8, 4) is 5.75 Å². The largest absolute Gasteiger partial charge is 0.478 e. The number of anilines is 1. The van der Waals surface area contributed by atoms with E-state index in [1.165, 1.54) is 10.4 Å². The van der Waals surface area contributed by atoms with Crippen LogP contribution >= 0.6 is 11.6 Å². The molecule has 1 aromatic rings. The van der Waals surface area contributed by atoms with Crippen molar-refractivity contribution in [1.82, 2.24) is 5.32 Å². The fourth-order valence-electron chi connectivity index (χ4n) is 2.26. The van der Waals surface area contributed by atoms with Crippen molar-refractivity contribution in [2.24, 2.45) is 0 Å². The van der Waals surface area contributed by atoms with Gasteiger partial charge in [-0.3, -0.25) is 9.10 Å². The van der Waals surface area contributed by atoms with Gasteiger partial charge >= 0.3 is 0 Å². The van der Waals surface area contributed by atoms with Crippen LogP contribution in [0.15, 0.2) is 18.2 Å². The molecule has 1 N–H and O–H groups in total. The van der Waals surface area contributed by atoms with E-state index in [0.717, 1.165) is 6.26 Å². The predicted octanol–water partition coefficient (Wildman–Crippen LogP) is 1.78. The zero-order chi connectivity index (χ0) is 16.5. The second-order valence-corrected chi connectivity index (χ2v) is 7.85. The number of fused-ring (bicyclic) bond motifs is 1. The summed E-state index contributed by atoms with van der Waals surface area (Å²) in [5, 5.41) is 3.18. The van der Waals surface area contributed by atoms with Crippen molar-refractivity contribution in [1.29, 1.82) is 0 Å². The van der Waals surface area contributed by atoms with E-state index in [2.05, 4.69) is 5.32 Å². The maximum Gasteiger partial charge on any atom is 0.261 e. The lowest BCUT2D eigenvalue weighted by atomic mass is 10.2. The number of hydrogen-bond acceptors (Lipinski definition) is 4. The molecular formula is C14H19ClN2O4S. The average molecular weight is 347 g/mol. The van der Waals surface area contributed by atoms with E-state index in [1.807, 2.05) is 13.8 Å². The molecule has 8 heteroatoms. The summed E-state index contributed by atoms with van der Waals surface area (Å²) >= 11 is 5.96. The number of halogens is 1. The van der Waals surface area contributed by atoms with Gasteiger partial charge in [-0.15, -0.1) is 0 Å². The number of nitrogens with zero attached hydrogens (tertiary/aromatic N) is 1. The molecule has 1 atom stereocenters. The molecule has 22 heavy (non-hydrogen) atoms. The van der Waals surface area contributed by atoms with Crippen LogP contribution in [0.5, 0.6) is 5.75 Å². The molecule has 1 heterocycles. The Morgan fingerprint density at radius 2 is 2.14 bits per heavy atom. The molecule has 0 saturated carbocycles. The molecule has 1 unspecified atom stereocenters. The molecule has 0 spiro atoms. The van der Waals surface area contributed by atoms with E-state index in [-0.39, 0.29) is 24.9 Å². The van der Waals surface area contributed by atoms with Crippen LogP contribution in [0.25, 0.3) is 0 Å². The van der Waals surface area contributed by atoms with E-state index in [0.29, 0.717) is 16.5 Å². The smallest absolute Gasteiger partial charge is 0.261 e. The van der Waals surface area contributed by atoms with Crippen LogP contribution in [-0.4, -0.2) is 39.3 Å². The number of rotatable bonds is 3. The quantitative estimate of drug-likeness (QED) is 0.905. The fourth-order valence-corrected chi connectivity index (χ4v) is 3.36. The number of ether oxygens (including phenoxy) is 1. The first-order valence-electron chi connectivity index (χ1n) is 6.93. The van der Waals surface area contributed by atoms with Gasteiger partial charge in [0.15, 0.2) is 6.10 Å². The van der Waals surface area contributed by atoms with Gasteiger partial charge < -0.3 is 10.1 Å². The van der Waals surface area contributed by atoms with E-state index >= 15 is 0 Å². The van der Waals surface area contributed by atoms with E-state index in [4.69, 9.17) is 16.3 Å². The molecule has 0 fully saturated rings. The van der Waals surface area contributed by atoms with Gasteiger partial charge in [0, 0.05) is 24.0 Å². The first kappa shape index (κ1) is 16.9. The molecule has 6 nitrogen and oxygen atoms in total. The zero-order valence-electron chi connectivity index (χ0n) is 12.7. The summed E-state index contributed by atoms with van der Waals surface area (Å²) < 4.78 is 30.9. The summed E-state index contributed by atoms with van der Waals surface area (Å²) in [5.74, 6) is 0.0717. The van der Waals surface area contributed by atoms with Crippen LogP contribution in [0.4, 0.5) is 5.69 Å². The Kier molecular flexibility index (Phi) is 4.87. The minimum atomic E-state index is -3.49. The van der Waals surface area contributed by atoms with Crippen molar-refractivity contribution in [3.63, 3.8) is 0 Å². The van der Waals surface area contributed by atoms with Gasteiger partial charge in [0.2, 0.25) is 10.0 Å². The molecular weight excluding hydrogens is 328 g/mol. The highest BCUT2D eigenvalue weighted by atomic mass is 35.5. The van der Waals surface area contributed by atoms with Gasteiger partial charge in [0.25, 0.3) is 5.91 Å². The highest BCUT2D eigenvalue weighted by Crippen LogP contribution is 2.36. The minimum Gasteiger partial charge on any atom is -0.478 e. The fraction of sp³-hybridized carbons (Fsp3) is 0.500. The van der Waals surface area contributed by atoms with Crippen molar-refractivity contribution in [2.45, 2.75) is 32.4 Å². The second-order valence-electron chi connectivity index (χ2n) is 5.51. The highest BCUT2D eigenvalue weighted by Gasteiger charge is 2.31. The molecule has 0 bridgehead atoms. The van der Waals surface area contributed by atoms with Gasteiger partial charge in [0.1, 0.15) is 5.75 Å². The Hall–Kier alpha value is -1.47. The lowest BCUT2D eigenvalue weighted by Crippen LogP contribution is -2.42. The lowest BCUT2D eigenvalue weighted by molar-refractivity contribution is -0.128. The van der Waals surface area contributed by atoms with Crippen LogP contribution in [-0.2, 0) is 14.8 Å². The number of benzene rings is 1. The molecule has 2 rings (SSSR count). The zero-order valence-corrected chi connectivity index (χ0v) is 14.2. The van der Waals surface area contributed by atoms with Crippen LogP contribution in [0.2, 0.25) is 5.02 Å². The standard InChI is InChI=1S/C14H19ClN2O4S/c1-9(2)16-14(18)13-6-7-17(22(3,19)20)11-8-10(15)4-5-12(11)21-13/h4-5,8-9,13H,6-7H2,1-3H3,(H,16,18). The van der Waals surface area contributed by atoms with Gasteiger partial charge in [-0.25, -0.2) is 8.42 Å². The third-order valence-electron chi connectivity index (χ3n) is 3.18. The summed E-state index contributed by atoms with van der Waals surface area (Å²) in [6, 6.07) is 4.69. The van der Waals surface area contributed by atoms with Crippen LogP contribution in [0.1, 0.15) is 20.3 Å². The Morgan fingerprint density at radius 3 is 2.73 bits per heavy atom. The molecule has 1 aliphatic heterocycles. The minimum absolute atomic E-state index is 0.0185. The first-order valence-corrected chi connectivity index (χ1v) is 9.15.